The molecule has 128 valence electrons. The van der Waals surface area contributed by atoms with Crippen LogP contribution in [0.2, 0.25) is 0 Å². The lowest BCUT2D eigenvalue weighted by Gasteiger charge is -2.16. The summed E-state index contributed by atoms with van der Waals surface area (Å²) in [5.41, 5.74) is 3.18. The number of ether oxygens (including phenoxy) is 1. The second-order valence-electron chi connectivity index (χ2n) is 6.30. The predicted octanol–water partition coefficient (Wildman–Crippen LogP) is 3.95. The van der Waals surface area contributed by atoms with Gasteiger partial charge in [0.1, 0.15) is 11.8 Å². The molecule has 2 aromatic rings. The predicted molar refractivity (Wildman–Crippen MR) is 96.1 cm³/mol. The summed E-state index contributed by atoms with van der Waals surface area (Å²) in [7, 11) is 1.66. The van der Waals surface area contributed by atoms with Gasteiger partial charge in [-0.25, -0.2) is 0 Å². The fourth-order valence-corrected chi connectivity index (χ4v) is 2.67. The Morgan fingerprint density at radius 1 is 1.12 bits per heavy atom. The molecule has 0 spiro atoms. The topological polar surface area (TPSA) is 58.6 Å². The van der Waals surface area contributed by atoms with E-state index in [4.69, 9.17) is 4.74 Å². The van der Waals surface area contributed by atoms with Crippen LogP contribution in [0.5, 0.6) is 5.75 Å². The lowest BCUT2D eigenvalue weighted by molar-refractivity contribution is -0.140. The van der Waals surface area contributed by atoms with E-state index < -0.39 is 12.0 Å². The third kappa shape index (κ3) is 4.83. The molecule has 0 aliphatic rings. The molecule has 0 aliphatic heterocycles. The minimum absolute atomic E-state index is 0.339. The number of carbonyl (C=O) groups is 1. The molecular weight excluding hydrogens is 302 g/mol. The van der Waals surface area contributed by atoms with Crippen LogP contribution in [0, 0.1) is 5.92 Å². The first-order valence-corrected chi connectivity index (χ1v) is 8.19. The van der Waals surface area contributed by atoms with Gasteiger partial charge in [-0.3, -0.25) is 4.79 Å². The Morgan fingerprint density at radius 3 is 2.38 bits per heavy atom. The molecule has 2 rings (SSSR count). The van der Waals surface area contributed by atoms with Crippen molar-refractivity contribution >= 4 is 5.97 Å². The molecule has 2 N–H and O–H groups in total. The van der Waals surface area contributed by atoms with Crippen LogP contribution >= 0.6 is 0 Å². The minimum atomic E-state index is -0.797. The van der Waals surface area contributed by atoms with Gasteiger partial charge in [-0.15, -0.1) is 0 Å². The van der Waals surface area contributed by atoms with E-state index in [1.807, 2.05) is 62.4 Å². The SMILES string of the molecule is COc1ccccc1-c1ccc(CN[C@@H](CC(C)C)C(=O)O)cc1. The molecule has 0 saturated carbocycles. The quantitative estimate of drug-likeness (QED) is 0.771. The second kappa shape index (κ2) is 8.50. The summed E-state index contributed by atoms with van der Waals surface area (Å²) in [5.74, 6) is 0.382. The summed E-state index contributed by atoms with van der Waals surface area (Å²) in [6.07, 6.45) is 0.620. The first kappa shape index (κ1) is 18.0. The fourth-order valence-electron chi connectivity index (χ4n) is 2.67. The molecule has 0 heterocycles. The zero-order valence-electron chi connectivity index (χ0n) is 14.5. The molecule has 4 heteroatoms. The van der Waals surface area contributed by atoms with E-state index in [-0.39, 0.29) is 0 Å². The van der Waals surface area contributed by atoms with Gasteiger partial charge < -0.3 is 15.2 Å². The van der Waals surface area contributed by atoms with Gasteiger partial charge in [-0.1, -0.05) is 56.3 Å². The third-order valence-electron chi connectivity index (χ3n) is 3.93. The van der Waals surface area contributed by atoms with Crippen molar-refractivity contribution < 1.29 is 14.6 Å². The van der Waals surface area contributed by atoms with E-state index in [1.54, 1.807) is 7.11 Å². The van der Waals surface area contributed by atoms with Crippen LogP contribution in [0.4, 0.5) is 0 Å². The minimum Gasteiger partial charge on any atom is -0.496 e. The van der Waals surface area contributed by atoms with Crippen molar-refractivity contribution in [1.82, 2.24) is 5.32 Å². The van der Waals surface area contributed by atoms with Gasteiger partial charge in [0.25, 0.3) is 0 Å². The van der Waals surface area contributed by atoms with Crippen molar-refractivity contribution in [2.75, 3.05) is 7.11 Å². The van der Waals surface area contributed by atoms with Gasteiger partial charge in [0, 0.05) is 12.1 Å². The van der Waals surface area contributed by atoms with Crippen LogP contribution in [-0.4, -0.2) is 24.2 Å². The number of nitrogens with one attached hydrogen (secondary N) is 1. The first-order chi connectivity index (χ1) is 11.5. The average molecular weight is 327 g/mol. The highest BCUT2D eigenvalue weighted by atomic mass is 16.5. The summed E-state index contributed by atoms with van der Waals surface area (Å²) >= 11 is 0. The molecule has 0 aromatic heterocycles. The number of hydrogen-bond acceptors (Lipinski definition) is 3. The molecule has 0 saturated heterocycles. The Hall–Kier alpha value is -2.33. The van der Waals surface area contributed by atoms with Crippen LogP contribution in [0.1, 0.15) is 25.8 Å². The number of methoxy groups -OCH3 is 1. The third-order valence-corrected chi connectivity index (χ3v) is 3.93. The number of aliphatic carboxylic acids is 1. The Kier molecular flexibility index (Phi) is 6.38. The maximum atomic E-state index is 11.3. The molecule has 0 fully saturated rings. The Bertz CT molecular complexity index is 665. The highest BCUT2D eigenvalue weighted by molar-refractivity contribution is 5.73. The van der Waals surface area contributed by atoms with Crippen molar-refractivity contribution in [3.05, 3.63) is 54.1 Å². The Labute approximate surface area is 143 Å². The number of carboxylic acids is 1. The van der Waals surface area contributed by atoms with Crippen molar-refractivity contribution in [2.45, 2.75) is 32.9 Å². The van der Waals surface area contributed by atoms with Gasteiger partial charge in [0.05, 0.1) is 7.11 Å². The van der Waals surface area contributed by atoms with Crippen LogP contribution in [0.15, 0.2) is 48.5 Å². The van der Waals surface area contributed by atoms with Crippen LogP contribution in [-0.2, 0) is 11.3 Å². The molecule has 0 aliphatic carbocycles. The number of para-hydroxylation sites is 1. The van der Waals surface area contributed by atoms with E-state index in [0.717, 1.165) is 22.4 Å². The highest BCUT2D eigenvalue weighted by Crippen LogP contribution is 2.29. The summed E-state index contributed by atoms with van der Waals surface area (Å²) < 4.78 is 5.39. The largest absolute Gasteiger partial charge is 0.496 e. The maximum absolute atomic E-state index is 11.3. The molecule has 0 unspecified atom stereocenters. The zero-order chi connectivity index (χ0) is 17.5. The summed E-state index contributed by atoms with van der Waals surface area (Å²) in [6.45, 7) is 4.59. The van der Waals surface area contributed by atoms with Gasteiger partial charge >= 0.3 is 5.97 Å². The highest BCUT2D eigenvalue weighted by Gasteiger charge is 2.17. The van der Waals surface area contributed by atoms with Crippen LogP contribution in [0.25, 0.3) is 11.1 Å². The first-order valence-electron chi connectivity index (χ1n) is 8.19. The van der Waals surface area contributed by atoms with Gasteiger partial charge in [0.2, 0.25) is 0 Å². The van der Waals surface area contributed by atoms with E-state index >= 15 is 0 Å². The van der Waals surface area contributed by atoms with E-state index in [0.29, 0.717) is 18.9 Å². The molecule has 0 radical (unpaired) electrons. The van der Waals surface area contributed by atoms with Gasteiger partial charge in [-0.05, 0) is 29.5 Å². The van der Waals surface area contributed by atoms with E-state index in [2.05, 4.69) is 5.32 Å². The molecule has 0 amide bonds. The Balaban J connectivity index is 2.05. The smallest absolute Gasteiger partial charge is 0.320 e. The number of rotatable bonds is 8. The molecule has 4 nitrogen and oxygen atoms in total. The Morgan fingerprint density at radius 2 is 1.79 bits per heavy atom. The summed E-state index contributed by atoms with van der Waals surface area (Å²) in [6, 6.07) is 15.5. The summed E-state index contributed by atoms with van der Waals surface area (Å²) in [5, 5.41) is 12.4. The van der Waals surface area contributed by atoms with Crippen LogP contribution < -0.4 is 10.1 Å². The zero-order valence-corrected chi connectivity index (χ0v) is 14.5. The average Bonchev–Trinajstić information content (AvgIpc) is 2.58. The van der Waals surface area contributed by atoms with E-state index in [9.17, 15) is 9.90 Å². The number of benzene rings is 2. The van der Waals surface area contributed by atoms with Crippen molar-refractivity contribution in [3.8, 4) is 16.9 Å². The molecule has 1 atom stereocenters. The van der Waals surface area contributed by atoms with Crippen LogP contribution in [0.3, 0.4) is 0 Å². The molecule has 0 bridgehead atoms. The van der Waals surface area contributed by atoms with Crippen molar-refractivity contribution in [2.24, 2.45) is 5.92 Å². The summed E-state index contributed by atoms with van der Waals surface area (Å²) in [4.78, 5) is 11.3. The second-order valence-corrected chi connectivity index (χ2v) is 6.30. The van der Waals surface area contributed by atoms with Crippen molar-refractivity contribution in [3.63, 3.8) is 0 Å². The number of carboxylic acid groups (broad SMARTS) is 1. The molecular formula is C20H25NO3. The lowest BCUT2D eigenvalue weighted by atomic mass is 10.0. The molecule has 24 heavy (non-hydrogen) atoms. The van der Waals surface area contributed by atoms with Crippen molar-refractivity contribution in [1.29, 1.82) is 0 Å². The molecule has 2 aromatic carbocycles. The van der Waals surface area contributed by atoms with Gasteiger partial charge in [-0.2, -0.15) is 0 Å². The van der Waals surface area contributed by atoms with Gasteiger partial charge in [0.15, 0.2) is 0 Å². The van der Waals surface area contributed by atoms with E-state index in [1.165, 1.54) is 0 Å². The normalized spacial score (nSPS) is 12.2. The maximum Gasteiger partial charge on any atom is 0.320 e. The standard InChI is InChI=1S/C20H25NO3/c1-14(2)12-18(20(22)23)21-13-15-8-10-16(11-9-15)17-6-4-5-7-19(17)24-3/h4-11,14,18,21H,12-13H2,1-3H3,(H,22,23)/t18-/m0/s1. The monoisotopic (exact) mass is 327 g/mol. The lowest BCUT2D eigenvalue weighted by Crippen LogP contribution is -2.37. The fraction of sp³-hybridized carbons (Fsp3) is 0.350. The number of hydrogen-bond donors (Lipinski definition) is 2.